The van der Waals surface area contributed by atoms with Crippen LogP contribution in [-0.4, -0.2) is 13.1 Å². The molecule has 0 saturated carbocycles. The van der Waals surface area contributed by atoms with Crippen molar-refractivity contribution >= 4 is 0 Å². The fourth-order valence-electron chi connectivity index (χ4n) is 0.968. The number of likely N-dealkylation sites (N-methyl/N-ethyl adjacent to an activating group) is 1. The Bertz CT molecular complexity index is 189. The van der Waals surface area contributed by atoms with Crippen molar-refractivity contribution in [3.8, 4) is 0 Å². The van der Waals surface area contributed by atoms with Crippen LogP contribution >= 0.6 is 0 Å². The quantitative estimate of drug-likeness (QED) is 0.409. The van der Waals surface area contributed by atoms with Crippen LogP contribution in [0, 0.1) is 0 Å². The van der Waals surface area contributed by atoms with E-state index in [0.29, 0.717) is 0 Å². The smallest absolute Gasteiger partial charge is 0.168 e. The highest BCUT2D eigenvalue weighted by atomic mass is 35.5. The molecular formula is C9H15ClN2. The molecule has 1 heterocycles. The zero-order chi connectivity index (χ0) is 7.94. The van der Waals surface area contributed by atoms with Crippen molar-refractivity contribution in [2.75, 3.05) is 13.1 Å². The van der Waals surface area contributed by atoms with Gasteiger partial charge in [-0.2, -0.15) is 0 Å². The van der Waals surface area contributed by atoms with Gasteiger partial charge in [-0.05, 0) is 6.54 Å². The van der Waals surface area contributed by atoms with E-state index in [2.05, 4.69) is 29.2 Å². The van der Waals surface area contributed by atoms with Crippen LogP contribution in [0.5, 0.6) is 0 Å². The molecule has 1 aromatic rings. The lowest BCUT2D eigenvalue weighted by molar-refractivity contribution is -0.695. The van der Waals surface area contributed by atoms with Gasteiger partial charge in [0.1, 0.15) is 0 Å². The molecule has 0 atom stereocenters. The SMILES string of the molecule is CCNCC[n+]1ccccc1.[Cl-]. The molecule has 0 unspecified atom stereocenters. The highest BCUT2D eigenvalue weighted by molar-refractivity contribution is 4.83. The minimum Gasteiger partial charge on any atom is -1.00 e. The van der Waals surface area contributed by atoms with Crippen molar-refractivity contribution in [1.82, 2.24) is 5.32 Å². The maximum Gasteiger partial charge on any atom is 0.168 e. The second kappa shape index (κ2) is 7.07. The van der Waals surface area contributed by atoms with Gasteiger partial charge in [-0.1, -0.05) is 13.0 Å². The van der Waals surface area contributed by atoms with Crippen molar-refractivity contribution in [2.45, 2.75) is 13.5 Å². The van der Waals surface area contributed by atoms with E-state index < -0.39 is 0 Å². The van der Waals surface area contributed by atoms with Gasteiger partial charge in [-0.15, -0.1) is 0 Å². The minimum absolute atomic E-state index is 0. The number of nitrogens with one attached hydrogen (secondary N) is 1. The normalized spacial score (nSPS) is 9.08. The Morgan fingerprint density at radius 2 is 1.83 bits per heavy atom. The summed E-state index contributed by atoms with van der Waals surface area (Å²) in [6, 6.07) is 6.13. The van der Waals surface area contributed by atoms with Crippen molar-refractivity contribution in [2.24, 2.45) is 0 Å². The minimum atomic E-state index is 0. The van der Waals surface area contributed by atoms with Crippen molar-refractivity contribution in [3.63, 3.8) is 0 Å². The van der Waals surface area contributed by atoms with Gasteiger partial charge in [0.25, 0.3) is 0 Å². The number of rotatable bonds is 4. The number of pyridine rings is 1. The lowest BCUT2D eigenvalue weighted by Crippen LogP contribution is -3.00. The lowest BCUT2D eigenvalue weighted by atomic mass is 10.4. The van der Waals surface area contributed by atoms with E-state index in [1.165, 1.54) is 0 Å². The highest BCUT2D eigenvalue weighted by Crippen LogP contribution is 1.75. The molecule has 0 radical (unpaired) electrons. The third-order valence-electron chi connectivity index (χ3n) is 1.57. The van der Waals surface area contributed by atoms with Crippen LogP contribution in [0.4, 0.5) is 0 Å². The molecule has 0 aliphatic carbocycles. The van der Waals surface area contributed by atoms with Crippen LogP contribution < -0.4 is 22.3 Å². The highest BCUT2D eigenvalue weighted by Gasteiger charge is 1.94. The summed E-state index contributed by atoms with van der Waals surface area (Å²) in [4.78, 5) is 0. The summed E-state index contributed by atoms with van der Waals surface area (Å²) in [5, 5.41) is 3.28. The Labute approximate surface area is 80.0 Å². The Kier molecular flexibility index (Phi) is 6.72. The number of hydrogen-bond donors (Lipinski definition) is 1. The van der Waals surface area contributed by atoms with Crippen LogP contribution in [0.3, 0.4) is 0 Å². The third kappa shape index (κ3) is 4.31. The summed E-state index contributed by atoms with van der Waals surface area (Å²) in [5.41, 5.74) is 0. The maximum atomic E-state index is 3.28. The standard InChI is InChI=1S/C9H15N2.ClH/c1-2-10-6-9-11-7-4-3-5-8-11;/h3-5,7-8,10H,2,6,9H2,1H3;1H/q+1;/p-1. The Morgan fingerprint density at radius 3 is 2.42 bits per heavy atom. The van der Waals surface area contributed by atoms with Gasteiger partial charge in [0.05, 0.1) is 6.54 Å². The molecule has 0 saturated heterocycles. The Balaban J connectivity index is 0.00000121. The van der Waals surface area contributed by atoms with Crippen LogP contribution in [0.15, 0.2) is 30.6 Å². The molecule has 0 aliphatic rings. The molecule has 0 amide bonds. The Morgan fingerprint density at radius 1 is 1.17 bits per heavy atom. The van der Waals surface area contributed by atoms with E-state index in [1.54, 1.807) is 0 Å². The molecule has 0 spiro atoms. The average molecular weight is 187 g/mol. The molecule has 1 aromatic heterocycles. The number of halogens is 1. The second-order valence-electron chi connectivity index (χ2n) is 2.47. The van der Waals surface area contributed by atoms with Crippen LogP contribution in [0.1, 0.15) is 6.92 Å². The molecule has 0 bridgehead atoms. The van der Waals surface area contributed by atoms with Gasteiger partial charge < -0.3 is 17.7 Å². The van der Waals surface area contributed by atoms with E-state index in [0.717, 1.165) is 19.6 Å². The van der Waals surface area contributed by atoms with Crippen LogP contribution in [-0.2, 0) is 6.54 Å². The van der Waals surface area contributed by atoms with Crippen LogP contribution in [0.25, 0.3) is 0 Å². The zero-order valence-corrected chi connectivity index (χ0v) is 8.09. The fraction of sp³-hybridized carbons (Fsp3) is 0.444. The second-order valence-corrected chi connectivity index (χ2v) is 2.47. The summed E-state index contributed by atoms with van der Waals surface area (Å²) < 4.78 is 2.17. The maximum absolute atomic E-state index is 3.28. The number of nitrogens with zero attached hydrogens (tertiary/aromatic N) is 1. The molecule has 0 fully saturated rings. The van der Waals surface area contributed by atoms with Crippen molar-refractivity contribution in [1.29, 1.82) is 0 Å². The van der Waals surface area contributed by atoms with Gasteiger partial charge >= 0.3 is 0 Å². The number of aromatic nitrogens is 1. The Hall–Kier alpha value is -0.600. The summed E-state index contributed by atoms with van der Waals surface area (Å²) in [5.74, 6) is 0. The summed E-state index contributed by atoms with van der Waals surface area (Å²) in [6.07, 6.45) is 4.16. The molecule has 68 valence electrons. The van der Waals surface area contributed by atoms with Gasteiger partial charge in [0.15, 0.2) is 18.9 Å². The van der Waals surface area contributed by atoms with E-state index in [4.69, 9.17) is 0 Å². The van der Waals surface area contributed by atoms with E-state index in [1.807, 2.05) is 18.2 Å². The first-order valence-corrected chi connectivity index (χ1v) is 4.08. The molecule has 2 nitrogen and oxygen atoms in total. The van der Waals surface area contributed by atoms with Gasteiger partial charge in [0, 0.05) is 12.1 Å². The molecule has 1 N–H and O–H groups in total. The molecule has 3 heteroatoms. The predicted molar refractivity (Wildman–Crippen MR) is 45.2 cm³/mol. The van der Waals surface area contributed by atoms with Crippen molar-refractivity contribution in [3.05, 3.63) is 30.6 Å². The summed E-state index contributed by atoms with van der Waals surface area (Å²) >= 11 is 0. The number of hydrogen-bond acceptors (Lipinski definition) is 1. The largest absolute Gasteiger partial charge is 1.00 e. The first-order valence-electron chi connectivity index (χ1n) is 4.08. The van der Waals surface area contributed by atoms with Crippen molar-refractivity contribution < 1.29 is 17.0 Å². The molecular weight excluding hydrogens is 172 g/mol. The molecule has 0 aliphatic heterocycles. The van der Waals surface area contributed by atoms with Gasteiger partial charge in [-0.25, -0.2) is 4.57 Å². The summed E-state index contributed by atoms with van der Waals surface area (Å²) in [7, 11) is 0. The lowest BCUT2D eigenvalue weighted by Gasteiger charge is -1.96. The monoisotopic (exact) mass is 186 g/mol. The van der Waals surface area contributed by atoms with Crippen LogP contribution in [0.2, 0.25) is 0 Å². The topological polar surface area (TPSA) is 15.9 Å². The van der Waals surface area contributed by atoms with Gasteiger partial charge in [-0.3, -0.25) is 0 Å². The first-order chi connectivity index (χ1) is 5.43. The molecule has 1 rings (SSSR count). The van der Waals surface area contributed by atoms with E-state index in [-0.39, 0.29) is 12.4 Å². The van der Waals surface area contributed by atoms with E-state index in [9.17, 15) is 0 Å². The summed E-state index contributed by atoms with van der Waals surface area (Å²) in [6.45, 7) is 5.27. The van der Waals surface area contributed by atoms with E-state index >= 15 is 0 Å². The van der Waals surface area contributed by atoms with Gasteiger partial charge in [0.2, 0.25) is 0 Å². The average Bonchev–Trinajstić information content (AvgIpc) is 2.07. The zero-order valence-electron chi connectivity index (χ0n) is 7.33. The predicted octanol–water partition coefficient (Wildman–Crippen LogP) is -2.41. The molecule has 12 heavy (non-hydrogen) atoms. The first kappa shape index (κ1) is 11.4. The molecule has 0 aromatic carbocycles. The fourth-order valence-corrected chi connectivity index (χ4v) is 0.968. The third-order valence-corrected chi connectivity index (χ3v) is 1.57.